The molecule has 0 aromatic heterocycles. The number of halogens is 1. The van der Waals surface area contributed by atoms with Gasteiger partial charge in [-0.05, 0) is 90.7 Å². The lowest BCUT2D eigenvalue weighted by molar-refractivity contribution is -0.128. The molecule has 3 saturated heterocycles. The molecule has 0 radical (unpaired) electrons. The number of carbonyl (C=O) groups is 3. The highest BCUT2D eigenvalue weighted by Gasteiger charge is 2.52. The standard InChI is InChI=1S/C35H47BrN6O5/c1-34(37)12-19-39(20-13-34)27-9-15-40(16-10-27)35(14-21-43)23-28(41-17-8-26-4-2-3-5-30(26)38-32(41)45)11-18-42(35)33(46)47-24-25-6-7-31(44)29(36)22-25/h2-7,21-22,27-28,44H,8-20,23-24,37H2,1H3,(H,38,45)/t28-,35+/m1/s1. The van der Waals surface area contributed by atoms with Crippen LogP contribution in [0.1, 0.15) is 63.0 Å². The second kappa shape index (κ2) is 14.1. The number of nitrogens with one attached hydrogen (secondary N) is 1. The number of fused-ring (bicyclic) bond motifs is 1. The van der Waals surface area contributed by atoms with Crippen LogP contribution in [-0.2, 0) is 22.6 Å². The molecule has 4 heterocycles. The molecule has 47 heavy (non-hydrogen) atoms. The van der Waals surface area contributed by atoms with E-state index < -0.39 is 11.8 Å². The van der Waals surface area contributed by atoms with Crippen molar-refractivity contribution in [3.05, 3.63) is 58.1 Å². The molecule has 0 unspecified atom stereocenters. The van der Waals surface area contributed by atoms with Crippen molar-refractivity contribution in [3.63, 3.8) is 0 Å². The number of urea groups is 1. The first-order valence-electron chi connectivity index (χ1n) is 16.9. The van der Waals surface area contributed by atoms with E-state index in [0.717, 1.165) is 81.4 Å². The molecule has 2 aromatic carbocycles. The van der Waals surface area contributed by atoms with Gasteiger partial charge in [-0.1, -0.05) is 24.3 Å². The highest BCUT2D eigenvalue weighted by Crippen LogP contribution is 2.40. The first kappa shape index (κ1) is 33.7. The fourth-order valence-electron chi connectivity index (χ4n) is 8.01. The molecule has 3 amide bonds. The quantitative estimate of drug-likeness (QED) is 0.346. The zero-order valence-corrected chi connectivity index (χ0v) is 28.8. The van der Waals surface area contributed by atoms with Crippen LogP contribution in [0.15, 0.2) is 46.9 Å². The lowest BCUT2D eigenvalue weighted by Gasteiger charge is -2.57. The number of anilines is 1. The van der Waals surface area contributed by atoms with Crippen molar-refractivity contribution < 1.29 is 24.2 Å². The molecule has 4 aliphatic rings. The van der Waals surface area contributed by atoms with Gasteiger partial charge in [-0.15, -0.1) is 0 Å². The summed E-state index contributed by atoms with van der Waals surface area (Å²) in [4.78, 5) is 48.6. The van der Waals surface area contributed by atoms with Crippen molar-refractivity contribution in [2.75, 3.05) is 44.6 Å². The molecule has 4 aliphatic heterocycles. The summed E-state index contributed by atoms with van der Waals surface area (Å²) in [5.41, 5.74) is 8.03. The van der Waals surface area contributed by atoms with Crippen LogP contribution in [0.4, 0.5) is 15.3 Å². The predicted octanol–water partition coefficient (Wildman–Crippen LogP) is 4.91. The van der Waals surface area contributed by atoms with Crippen LogP contribution >= 0.6 is 15.9 Å². The maximum absolute atomic E-state index is 14.0. The first-order chi connectivity index (χ1) is 22.6. The molecule has 4 N–H and O–H groups in total. The Balaban J connectivity index is 1.23. The molecule has 6 rings (SSSR count). The van der Waals surface area contributed by atoms with E-state index in [0.29, 0.717) is 36.4 Å². The summed E-state index contributed by atoms with van der Waals surface area (Å²) in [6.45, 7) is 6.50. The van der Waals surface area contributed by atoms with Crippen LogP contribution in [0.25, 0.3) is 0 Å². The number of phenols is 1. The number of phenolic OH excluding ortho intramolecular Hbond substituents is 1. The number of aromatic hydroxyl groups is 1. The van der Waals surface area contributed by atoms with Crippen LogP contribution in [0.5, 0.6) is 5.75 Å². The number of amides is 3. The van der Waals surface area contributed by atoms with Gasteiger partial charge in [-0.3, -0.25) is 9.80 Å². The number of aldehydes is 1. The minimum absolute atomic E-state index is 0.0265. The molecule has 12 heteroatoms. The Morgan fingerprint density at radius 2 is 1.79 bits per heavy atom. The Morgan fingerprint density at radius 3 is 2.51 bits per heavy atom. The van der Waals surface area contributed by atoms with Gasteiger partial charge >= 0.3 is 12.1 Å². The average Bonchev–Trinajstić information content (AvgIpc) is 3.23. The van der Waals surface area contributed by atoms with E-state index in [1.807, 2.05) is 29.2 Å². The summed E-state index contributed by atoms with van der Waals surface area (Å²) in [5.74, 6) is 0.109. The SMILES string of the molecule is CC1(N)CCN(C2CCN([C@]3(CC=O)C[C@H](N4CCc5ccccc5NC4=O)CCN3C(=O)OCc3ccc(O)c(Br)c3)CC2)CC1. The maximum atomic E-state index is 14.0. The molecule has 254 valence electrons. The van der Waals surface area contributed by atoms with E-state index in [-0.39, 0.29) is 36.4 Å². The van der Waals surface area contributed by atoms with E-state index in [9.17, 15) is 19.5 Å². The molecule has 0 bridgehead atoms. The summed E-state index contributed by atoms with van der Waals surface area (Å²) in [6, 6.07) is 13.0. The Labute approximate surface area is 285 Å². The van der Waals surface area contributed by atoms with Gasteiger partial charge < -0.3 is 35.5 Å². The zero-order valence-electron chi connectivity index (χ0n) is 27.2. The smallest absolute Gasteiger partial charge is 0.411 e. The third-order valence-corrected chi connectivity index (χ3v) is 11.5. The molecular weight excluding hydrogens is 664 g/mol. The Bertz CT molecular complexity index is 1460. The molecule has 11 nitrogen and oxygen atoms in total. The third-order valence-electron chi connectivity index (χ3n) is 10.8. The van der Waals surface area contributed by atoms with E-state index in [2.05, 4.69) is 38.0 Å². The minimum Gasteiger partial charge on any atom is -0.507 e. The summed E-state index contributed by atoms with van der Waals surface area (Å²) in [6.07, 6.45) is 6.11. The van der Waals surface area contributed by atoms with Crippen molar-refractivity contribution in [2.45, 2.75) is 88.2 Å². The number of rotatable bonds is 7. The van der Waals surface area contributed by atoms with E-state index in [1.165, 1.54) is 0 Å². The van der Waals surface area contributed by atoms with Crippen molar-refractivity contribution >= 4 is 40.0 Å². The number of nitrogens with zero attached hydrogens (tertiary/aromatic N) is 4. The number of nitrogens with two attached hydrogens (primary N) is 1. The molecule has 0 spiro atoms. The molecule has 2 aromatic rings. The average molecular weight is 712 g/mol. The van der Waals surface area contributed by atoms with Crippen LogP contribution in [0.2, 0.25) is 0 Å². The minimum atomic E-state index is -0.931. The Kier molecular flexibility index (Phi) is 10.1. The van der Waals surface area contributed by atoms with Gasteiger partial charge in [-0.2, -0.15) is 0 Å². The fourth-order valence-corrected chi connectivity index (χ4v) is 8.43. The lowest BCUT2D eigenvalue weighted by atomic mass is 9.84. The van der Waals surface area contributed by atoms with Crippen molar-refractivity contribution in [2.24, 2.45) is 5.73 Å². The van der Waals surface area contributed by atoms with Crippen molar-refractivity contribution in [3.8, 4) is 5.75 Å². The van der Waals surface area contributed by atoms with Crippen LogP contribution in [0.3, 0.4) is 0 Å². The van der Waals surface area contributed by atoms with Crippen LogP contribution < -0.4 is 11.1 Å². The highest BCUT2D eigenvalue weighted by atomic mass is 79.9. The number of piperidine rings is 3. The number of likely N-dealkylation sites (tertiary alicyclic amines) is 3. The number of carbonyl (C=O) groups excluding carboxylic acids is 3. The van der Waals surface area contributed by atoms with E-state index in [1.54, 1.807) is 23.1 Å². The van der Waals surface area contributed by atoms with Gasteiger partial charge in [0.25, 0.3) is 0 Å². The van der Waals surface area contributed by atoms with Gasteiger partial charge in [0, 0.05) is 75.4 Å². The summed E-state index contributed by atoms with van der Waals surface area (Å²) in [5, 5.41) is 13.0. The summed E-state index contributed by atoms with van der Waals surface area (Å²) < 4.78 is 6.40. The van der Waals surface area contributed by atoms with Gasteiger partial charge in [0.15, 0.2) is 0 Å². The number of ether oxygens (including phenoxy) is 1. The van der Waals surface area contributed by atoms with Gasteiger partial charge in [0.1, 0.15) is 24.3 Å². The second-order valence-corrected chi connectivity index (χ2v) is 14.8. The van der Waals surface area contributed by atoms with E-state index >= 15 is 0 Å². The second-order valence-electron chi connectivity index (χ2n) is 13.9. The lowest BCUT2D eigenvalue weighted by Crippen LogP contribution is -2.70. The summed E-state index contributed by atoms with van der Waals surface area (Å²) in [7, 11) is 0. The monoisotopic (exact) mass is 710 g/mol. The maximum Gasteiger partial charge on any atom is 0.411 e. The largest absolute Gasteiger partial charge is 0.507 e. The summed E-state index contributed by atoms with van der Waals surface area (Å²) >= 11 is 3.33. The number of hydrogen-bond acceptors (Lipinski definition) is 8. The van der Waals surface area contributed by atoms with Crippen LogP contribution in [0, 0.1) is 0 Å². The molecular formula is C35H47BrN6O5. The third kappa shape index (κ3) is 7.30. The Hall–Kier alpha value is -3.19. The van der Waals surface area contributed by atoms with Crippen molar-refractivity contribution in [1.29, 1.82) is 0 Å². The molecule has 0 aliphatic carbocycles. The molecule has 0 saturated carbocycles. The van der Waals surface area contributed by atoms with Gasteiger partial charge in [0.05, 0.1) is 4.47 Å². The predicted molar refractivity (Wildman–Crippen MR) is 183 cm³/mol. The first-order valence-corrected chi connectivity index (χ1v) is 17.7. The van der Waals surface area contributed by atoms with Gasteiger partial charge in [0.2, 0.25) is 0 Å². The zero-order chi connectivity index (χ0) is 33.2. The number of hydrogen-bond donors (Lipinski definition) is 3. The topological polar surface area (TPSA) is 132 Å². The number of para-hydroxylation sites is 1. The molecule has 2 atom stereocenters. The Morgan fingerprint density at radius 1 is 1.06 bits per heavy atom. The van der Waals surface area contributed by atoms with Crippen LogP contribution in [-0.4, -0.2) is 106 Å². The van der Waals surface area contributed by atoms with Crippen molar-refractivity contribution in [1.82, 2.24) is 19.6 Å². The normalized spacial score (nSPS) is 25.9. The fraction of sp³-hybridized carbons (Fsp3) is 0.571. The molecule has 3 fully saturated rings. The van der Waals surface area contributed by atoms with E-state index in [4.69, 9.17) is 10.5 Å². The van der Waals surface area contributed by atoms with Gasteiger partial charge in [-0.25, -0.2) is 9.59 Å². The highest BCUT2D eigenvalue weighted by molar-refractivity contribution is 9.10. The number of benzene rings is 2.